The largest absolute Gasteiger partial charge is 0.274 e. The van der Waals surface area contributed by atoms with E-state index in [0.29, 0.717) is 0 Å². The zero-order valence-electron chi connectivity index (χ0n) is 12.6. The summed E-state index contributed by atoms with van der Waals surface area (Å²) < 4.78 is 0. The van der Waals surface area contributed by atoms with Crippen molar-refractivity contribution in [3.8, 4) is 0 Å². The van der Waals surface area contributed by atoms with E-state index in [2.05, 4.69) is 12.2 Å². The maximum atomic E-state index is 13.0. The Labute approximate surface area is 124 Å². The van der Waals surface area contributed by atoms with Gasteiger partial charge in [0, 0.05) is 0 Å². The number of benzene rings is 1. The van der Waals surface area contributed by atoms with Gasteiger partial charge in [0.05, 0.1) is 17.0 Å². The standard InChI is InChI=1S/C18H19NO2/c1-10-4-5-11(2)14(8-10)19-16(20)15-12-6-7-13(9-12)18(15,3)17(19)21/h4-8,12-13,15H,9H2,1-3H3/t12-,13+,15-,18-/m1/s1. The molecule has 2 bridgehead atoms. The third-order valence-corrected chi connectivity index (χ3v) is 5.72. The monoisotopic (exact) mass is 281 g/mol. The first-order valence-corrected chi connectivity index (χ1v) is 7.58. The quantitative estimate of drug-likeness (QED) is 0.586. The van der Waals surface area contributed by atoms with Crippen molar-refractivity contribution in [1.82, 2.24) is 0 Å². The zero-order chi connectivity index (χ0) is 14.9. The summed E-state index contributed by atoms with van der Waals surface area (Å²) in [7, 11) is 0. The molecule has 1 aromatic carbocycles. The number of imide groups is 1. The van der Waals surface area contributed by atoms with E-state index in [1.54, 1.807) is 0 Å². The fourth-order valence-corrected chi connectivity index (χ4v) is 4.49. The molecule has 1 aromatic rings. The molecule has 2 aliphatic carbocycles. The maximum absolute atomic E-state index is 13.0. The van der Waals surface area contributed by atoms with Gasteiger partial charge in [0.1, 0.15) is 0 Å². The molecule has 2 fully saturated rings. The summed E-state index contributed by atoms with van der Waals surface area (Å²) in [5.74, 6) is 0.279. The van der Waals surface area contributed by atoms with Gasteiger partial charge in [-0.3, -0.25) is 9.59 Å². The second-order valence-corrected chi connectivity index (χ2v) is 6.92. The first-order valence-electron chi connectivity index (χ1n) is 7.58. The molecule has 1 saturated heterocycles. The summed E-state index contributed by atoms with van der Waals surface area (Å²) in [6.07, 6.45) is 5.23. The number of nitrogens with zero attached hydrogens (tertiary/aromatic N) is 1. The highest BCUT2D eigenvalue weighted by Crippen LogP contribution is 2.61. The number of carbonyl (C=O) groups is 2. The summed E-state index contributed by atoms with van der Waals surface area (Å²) in [4.78, 5) is 27.4. The van der Waals surface area contributed by atoms with Crippen LogP contribution in [0.2, 0.25) is 0 Å². The fraction of sp³-hybridized carbons (Fsp3) is 0.444. The normalized spacial score (nSPS) is 36.7. The lowest BCUT2D eigenvalue weighted by Gasteiger charge is -2.28. The number of carbonyl (C=O) groups excluding carboxylic acids is 2. The van der Waals surface area contributed by atoms with Crippen LogP contribution in [0.1, 0.15) is 24.5 Å². The van der Waals surface area contributed by atoms with E-state index in [9.17, 15) is 9.59 Å². The van der Waals surface area contributed by atoms with Crippen molar-refractivity contribution in [2.24, 2.45) is 23.2 Å². The highest BCUT2D eigenvalue weighted by Gasteiger charge is 2.67. The molecule has 3 aliphatic rings. The molecule has 0 N–H and O–H groups in total. The third kappa shape index (κ3) is 1.39. The Hall–Kier alpha value is -1.90. The highest BCUT2D eigenvalue weighted by atomic mass is 16.2. The van der Waals surface area contributed by atoms with Gasteiger partial charge in [-0.1, -0.05) is 24.3 Å². The number of rotatable bonds is 1. The van der Waals surface area contributed by atoms with Gasteiger partial charge in [-0.05, 0) is 56.2 Å². The Balaban J connectivity index is 1.85. The van der Waals surface area contributed by atoms with E-state index < -0.39 is 5.41 Å². The van der Waals surface area contributed by atoms with Gasteiger partial charge in [0.15, 0.2) is 0 Å². The van der Waals surface area contributed by atoms with E-state index in [1.165, 1.54) is 4.90 Å². The van der Waals surface area contributed by atoms with Crippen LogP contribution in [-0.2, 0) is 9.59 Å². The fourth-order valence-electron chi connectivity index (χ4n) is 4.49. The first kappa shape index (κ1) is 12.8. The summed E-state index contributed by atoms with van der Waals surface area (Å²) in [5.41, 5.74) is 2.28. The van der Waals surface area contributed by atoms with Crippen molar-refractivity contribution in [2.45, 2.75) is 27.2 Å². The van der Waals surface area contributed by atoms with E-state index in [0.717, 1.165) is 23.2 Å². The Morgan fingerprint density at radius 3 is 2.67 bits per heavy atom. The SMILES string of the molecule is Cc1ccc(C)c(N2C(=O)[C@H]3[C@@H]4C=C[C@@H](C4)[C@@]3(C)C2=O)c1. The zero-order valence-corrected chi connectivity index (χ0v) is 12.6. The van der Waals surface area contributed by atoms with Gasteiger partial charge in [-0.25, -0.2) is 4.90 Å². The summed E-state index contributed by atoms with van der Waals surface area (Å²) in [6, 6.07) is 5.94. The molecule has 21 heavy (non-hydrogen) atoms. The number of hydrogen-bond acceptors (Lipinski definition) is 2. The molecule has 108 valence electrons. The molecular weight excluding hydrogens is 262 g/mol. The van der Waals surface area contributed by atoms with Crippen molar-refractivity contribution in [1.29, 1.82) is 0 Å². The maximum Gasteiger partial charge on any atom is 0.241 e. The Kier molecular flexibility index (Phi) is 2.35. The van der Waals surface area contributed by atoms with Gasteiger partial charge in [-0.2, -0.15) is 0 Å². The Morgan fingerprint density at radius 1 is 1.19 bits per heavy atom. The van der Waals surface area contributed by atoms with E-state index >= 15 is 0 Å². The summed E-state index contributed by atoms with van der Waals surface area (Å²) in [5, 5.41) is 0. The van der Waals surface area contributed by atoms with E-state index in [1.807, 2.05) is 39.0 Å². The van der Waals surface area contributed by atoms with Crippen molar-refractivity contribution in [3.63, 3.8) is 0 Å². The molecule has 3 heteroatoms. The molecule has 4 rings (SSSR count). The molecule has 1 heterocycles. The molecule has 4 atom stereocenters. The number of allylic oxidation sites excluding steroid dienone is 2. The first-order chi connectivity index (χ1) is 9.94. The smallest absolute Gasteiger partial charge is 0.241 e. The molecule has 1 aliphatic heterocycles. The minimum Gasteiger partial charge on any atom is -0.274 e. The molecule has 1 saturated carbocycles. The van der Waals surface area contributed by atoms with Gasteiger partial charge < -0.3 is 0 Å². The lowest BCUT2D eigenvalue weighted by Crippen LogP contribution is -2.37. The van der Waals surface area contributed by atoms with Crippen LogP contribution in [0.25, 0.3) is 0 Å². The van der Waals surface area contributed by atoms with Gasteiger partial charge in [0.25, 0.3) is 0 Å². The predicted octanol–water partition coefficient (Wildman–Crippen LogP) is 3.01. The van der Waals surface area contributed by atoms with Crippen LogP contribution in [0, 0.1) is 37.0 Å². The van der Waals surface area contributed by atoms with E-state index in [-0.39, 0.29) is 29.6 Å². The average Bonchev–Trinajstić information content (AvgIpc) is 3.06. The van der Waals surface area contributed by atoms with E-state index in [4.69, 9.17) is 0 Å². The van der Waals surface area contributed by atoms with Crippen LogP contribution >= 0.6 is 0 Å². The molecule has 0 unspecified atom stereocenters. The van der Waals surface area contributed by atoms with Crippen LogP contribution in [0.3, 0.4) is 0 Å². The van der Waals surface area contributed by atoms with Gasteiger partial charge in [-0.15, -0.1) is 0 Å². The minimum atomic E-state index is -0.535. The molecule has 2 amide bonds. The lowest BCUT2D eigenvalue weighted by molar-refractivity contribution is -0.127. The van der Waals surface area contributed by atoms with Crippen molar-refractivity contribution in [2.75, 3.05) is 4.90 Å². The van der Waals surface area contributed by atoms with Crippen molar-refractivity contribution in [3.05, 3.63) is 41.5 Å². The molecule has 0 aromatic heterocycles. The lowest BCUT2D eigenvalue weighted by atomic mass is 9.71. The second kappa shape index (κ2) is 3.85. The average molecular weight is 281 g/mol. The predicted molar refractivity (Wildman–Crippen MR) is 80.7 cm³/mol. The summed E-state index contributed by atoms with van der Waals surface area (Å²) in [6.45, 7) is 5.93. The minimum absolute atomic E-state index is 0.00644. The van der Waals surface area contributed by atoms with Gasteiger partial charge >= 0.3 is 0 Å². The topological polar surface area (TPSA) is 37.4 Å². The number of aryl methyl sites for hydroxylation is 2. The van der Waals surface area contributed by atoms with Crippen molar-refractivity contribution >= 4 is 17.5 Å². The van der Waals surface area contributed by atoms with Crippen LogP contribution in [0.4, 0.5) is 5.69 Å². The van der Waals surface area contributed by atoms with Crippen LogP contribution in [0.15, 0.2) is 30.4 Å². The number of amides is 2. The second-order valence-electron chi connectivity index (χ2n) is 6.92. The molecule has 0 spiro atoms. The number of hydrogen-bond donors (Lipinski definition) is 0. The number of fused-ring (bicyclic) bond motifs is 5. The highest BCUT2D eigenvalue weighted by molar-refractivity contribution is 6.24. The molecular formula is C18H19NO2. The third-order valence-electron chi connectivity index (χ3n) is 5.72. The van der Waals surface area contributed by atoms with Crippen LogP contribution < -0.4 is 4.90 Å². The molecule has 3 nitrogen and oxygen atoms in total. The van der Waals surface area contributed by atoms with Crippen molar-refractivity contribution < 1.29 is 9.59 Å². The Bertz CT molecular complexity index is 705. The summed E-state index contributed by atoms with van der Waals surface area (Å²) >= 11 is 0. The molecule has 0 radical (unpaired) electrons. The van der Waals surface area contributed by atoms with Crippen LogP contribution in [0.5, 0.6) is 0 Å². The Morgan fingerprint density at radius 2 is 1.95 bits per heavy atom. The number of anilines is 1. The van der Waals surface area contributed by atoms with Gasteiger partial charge in [0.2, 0.25) is 11.8 Å². The van der Waals surface area contributed by atoms with Crippen LogP contribution in [-0.4, -0.2) is 11.8 Å².